The van der Waals surface area contributed by atoms with E-state index >= 15 is 0 Å². The highest BCUT2D eigenvalue weighted by Crippen LogP contribution is 2.31. The molecule has 0 aromatic heterocycles. The molecular weight excluding hydrogens is 228 g/mol. The van der Waals surface area contributed by atoms with Crippen LogP contribution in [0.25, 0.3) is 0 Å². The summed E-state index contributed by atoms with van der Waals surface area (Å²) in [6.45, 7) is 2.45. The SMILES string of the molecule is Cc1ccc(SCCO)c(SCCO)c1. The lowest BCUT2D eigenvalue weighted by Gasteiger charge is -2.08. The monoisotopic (exact) mass is 244 g/mol. The molecule has 0 aliphatic carbocycles. The number of aliphatic hydroxyl groups excluding tert-OH is 2. The number of benzene rings is 1. The van der Waals surface area contributed by atoms with Crippen molar-refractivity contribution < 1.29 is 10.2 Å². The lowest BCUT2D eigenvalue weighted by atomic mass is 10.2. The molecule has 0 saturated heterocycles. The minimum atomic E-state index is 0.197. The van der Waals surface area contributed by atoms with Crippen LogP contribution in [0, 0.1) is 6.92 Å². The van der Waals surface area contributed by atoms with Gasteiger partial charge in [-0.25, -0.2) is 0 Å². The van der Waals surface area contributed by atoms with Crippen LogP contribution in [0.15, 0.2) is 28.0 Å². The minimum absolute atomic E-state index is 0.197. The fourth-order valence-electron chi connectivity index (χ4n) is 1.16. The van der Waals surface area contributed by atoms with Crippen LogP contribution < -0.4 is 0 Å². The van der Waals surface area contributed by atoms with Gasteiger partial charge in [0.25, 0.3) is 0 Å². The Morgan fingerprint density at radius 2 is 1.60 bits per heavy atom. The maximum Gasteiger partial charge on any atom is 0.0525 e. The largest absolute Gasteiger partial charge is 0.396 e. The van der Waals surface area contributed by atoms with Gasteiger partial charge in [0.1, 0.15) is 0 Å². The van der Waals surface area contributed by atoms with Crippen LogP contribution in [0.3, 0.4) is 0 Å². The quantitative estimate of drug-likeness (QED) is 0.752. The predicted molar refractivity (Wildman–Crippen MR) is 66.8 cm³/mol. The summed E-state index contributed by atoms with van der Waals surface area (Å²) in [5.74, 6) is 1.44. The van der Waals surface area contributed by atoms with E-state index in [0.29, 0.717) is 0 Å². The second kappa shape index (κ2) is 7.17. The molecule has 15 heavy (non-hydrogen) atoms. The first-order valence-electron chi connectivity index (χ1n) is 4.86. The molecular formula is C11H16O2S2. The second-order valence-electron chi connectivity index (χ2n) is 3.09. The highest BCUT2D eigenvalue weighted by atomic mass is 32.2. The molecule has 0 saturated carbocycles. The fourth-order valence-corrected chi connectivity index (χ4v) is 2.98. The van der Waals surface area contributed by atoms with Gasteiger partial charge in [-0.1, -0.05) is 6.07 Å². The second-order valence-corrected chi connectivity index (χ2v) is 5.37. The first-order valence-corrected chi connectivity index (χ1v) is 6.83. The summed E-state index contributed by atoms with van der Waals surface area (Å²) in [5, 5.41) is 17.6. The Hall–Kier alpha value is -0.160. The summed E-state index contributed by atoms with van der Waals surface area (Å²) in [6.07, 6.45) is 0. The number of hydrogen-bond donors (Lipinski definition) is 2. The molecule has 0 aliphatic rings. The minimum Gasteiger partial charge on any atom is -0.396 e. The molecule has 0 bridgehead atoms. The van der Waals surface area contributed by atoms with Crippen molar-refractivity contribution in [2.75, 3.05) is 24.7 Å². The number of rotatable bonds is 6. The van der Waals surface area contributed by atoms with E-state index in [0.717, 1.165) is 11.5 Å². The van der Waals surface area contributed by atoms with Gasteiger partial charge in [-0.2, -0.15) is 0 Å². The Labute approximate surface area is 99.1 Å². The van der Waals surface area contributed by atoms with E-state index in [9.17, 15) is 0 Å². The van der Waals surface area contributed by atoms with Gasteiger partial charge < -0.3 is 10.2 Å². The topological polar surface area (TPSA) is 40.5 Å². The number of aryl methyl sites for hydroxylation is 1. The molecule has 1 rings (SSSR count). The molecule has 0 radical (unpaired) electrons. The molecule has 4 heteroatoms. The van der Waals surface area contributed by atoms with Crippen LogP contribution >= 0.6 is 23.5 Å². The Morgan fingerprint density at radius 1 is 1.00 bits per heavy atom. The summed E-state index contributed by atoms with van der Waals surface area (Å²) in [4.78, 5) is 2.38. The Kier molecular flexibility index (Phi) is 6.17. The zero-order valence-electron chi connectivity index (χ0n) is 8.77. The first-order chi connectivity index (χ1) is 7.27. The van der Waals surface area contributed by atoms with Crippen LogP contribution in [0.1, 0.15) is 5.56 Å². The number of hydrogen-bond acceptors (Lipinski definition) is 4. The van der Waals surface area contributed by atoms with Gasteiger partial charge >= 0.3 is 0 Å². The highest BCUT2D eigenvalue weighted by Gasteiger charge is 2.03. The fraction of sp³-hybridized carbons (Fsp3) is 0.455. The Balaban J connectivity index is 2.73. The molecule has 0 aliphatic heterocycles. The van der Waals surface area contributed by atoms with Crippen LogP contribution in [0.4, 0.5) is 0 Å². The lowest BCUT2D eigenvalue weighted by Crippen LogP contribution is -1.90. The molecule has 0 heterocycles. The van der Waals surface area contributed by atoms with Crippen molar-refractivity contribution in [3.05, 3.63) is 23.8 Å². The molecule has 84 valence electrons. The third-order valence-corrected chi connectivity index (χ3v) is 4.02. The van der Waals surface area contributed by atoms with Crippen molar-refractivity contribution in [1.29, 1.82) is 0 Å². The molecule has 1 aromatic carbocycles. The van der Waals surface area contributed by atoms with E-state index in [2.05, 4.69) is 25.1 Å². The van der Waals surface area contributed by atoms with Crippen LogP contribution in [-0.4, -0.2) is 34.9 Å². The normalized spacial score (nSPS) is 10.6. The van der Waals surface area contributed by atoms with Crippen molar-refractivity contribution in [2.45, 2.75) is 16.7 Å². The van der Waals surface area contributed by atoms with E-state index in [-0.39, 0.29) is 13.2 Å². The molecule has 0 atom stereocenters. The van der Waals surface area contributed by atoms with E-state index in [1.165, 1.54) is 15.4 Å². The van der Waals surface area contributed by atoms with Crippen molar-refractivity contribution >= 4 is 23.5 Å². The average Bonchev–Trinajstić information content (AvgIpc) is 2.25. The van der Waals surface area contributed by atoms with Gasteiger partial charge in [-0.05, 0) is 24.6 Å². The summed E-state index contributed by atoms with van der Waals surface area (Å²) < 4.78 is 0. The van der Waals surface area contributed by atoms with Crippen LogP contribution in [0.5, 0.6) is 0 Å². The molecule has 0 fully saturated rings. The third kappa shape index (κ3) is 4.47. The number of thioether (sulfide) groups is 2. The zero-order valence-corrected chi connectivity index (χ0v) is 10.4. The van der Waals surface area contributed by atoms with Gasteiger partial charge in [-0.3, -0.25) is 0 Å². The van der Waals surface area contributed by atoms with E-state index in [1.54, 1.807) is 23.5 Å². The van der Waals surface area contributed by atoms with Gasteiger partial charge in [0.15, 0.2) is 0 Å². The van der Waals surface area contributed by atoms with E-state index in [4.69, 9.17) is 10.2 Å². The summed E-state index contributed by atoms with van der Waals surface area (Å²) in [5.41, 5.74) is 1.23. The lowest BCUT2D eigenvalue weighted by molar-refractivity contribution is 0.322. The maximum absolute atomic E-state index is 8.80. The molecule has 1 aromatic rings. The first kappa shape index (κ1) is 12.9. The van der Waals surface area contributed by atoms with Crippen LogP contribution in [-0.2, 0) is 0 Å². The van der Waals surface area contributed by atoms with Gasteiger partial charge in [-0.15, -0.1) is 23.5 Å². The molecule has 0 unspecified atom stereocenters. The van der Waals surface area contributed by atoms with Crippen LogP contribution in [0.2, 0.25) is 0 Å². The molecule has 2 nitrogen and oxygen atoms in total. The average molecular weight is 244 g/mol. The smallest absolute Gasteiger partial charge is 0.0525 e. The Bertz CT molecular complexity index is 303. The van der Waals surface area contributed by atoms with E-state index < -0.39 is 0 Å². The molecule has 0 amide bonds. The highest BCUT2D eigenvalue weighted by molar-refractivity contribution is 8.02. The summed E-state index contributed by atoms with van der Waals surface area (Å²) in [7, 11) is 0. The summed E-state index contributed by atoms with van der Waals surface area (Å²) >= 11 is 3.31. The van der Waals surface area contributed by atoms with Crippen molar-refractivity contribution in [2.24, 2.45) is 0 Å². The Morgan fingerprint density at radius 3 is 2.20 bits per heavy atom. The predicted octanol–water partition coefficient (Wildman–Crippen LogP) is 2.16. The summed E-state index contributed by atoms with van der Waals surface area (Å²) in [6, 6.07) is 6.28. The van der Waals surface area contributed by atoms with Crippen molar-refractivity contribution in [3.63, 3.8) is 0 Å². The zero-order chi connectivity index (χ0) is 11.1. The standard InChI is InChI=1S/C11H16O2S2/c1-9-2-3-10(14-6-4-12)11(8-9)15-7-5-13/h2-3,8,12-13H,4-7H2,1H3. The van der Waals surface area contributed by atoms with Gasteiger partial charge in [0.2, 0.25) is 0 Å². The maximum atomic E-state index is 8.80. The number of aliphatic hydroxyl groups is 2. The molecule has 2 N–H and O–H groups in total. The van der Waals surface area contributed by atoms with Gasteiger partial charge in [0.05, 0.1) is 13.2 Å². The van der Waals surface area contributed by atoms with Gasteiger partial charge in [0, 0.05) is 21.3 Å². The third-order valence-electron chi connectivity index (χ3n) is 1.80. The van der Waals surface area contributed by atoms with E-state index in [1.807, 2.05) is 0 Å². The van der Waals surface area contributed by atoms with Crippen molar-refractivity contribution in [1.82, 2.24) is 0 Å². The van der Waals surface area contributed by atoms with Crippen molar-refractivity contribution in [3.8, 4) is 0 Å². The molecule has 0 spiro atoms.